The van der Waals surface area contributed by atoms with Crippen LogP contribution in [0, 0.1) is 0 Å². The molecule has 0 aliphatic carbocycles. The number of ether oxygens (including phenoxy) is 1. The summed E-state index contributed by atoms with van der Waals surface area (Å²) in [6, 6.07) is 20.9. The van der Waals surface area contributed by atoms with Gasteiger partial charge < -0.3 is 18.7 Å². The van der Waals surface area contributed by atoms with Gasteiger partial charge in [0.1, 0.15) is 6.10 Å². The van der Waals surface area contributed by atoms with Gasteiger partial charge in [-0.05, 0) is 33.5 Å². The molecule has 3 aromatic rings. The van der Waals surface area contributed by atoms with Crippen molar-refractivity contribution in [2.45, 2.75) is 88.9 Å². The van der Waals surface area contributed by atoms with Crippen LogP contribution in [0.15, 0.2) is 82.5 Å². The highest BCUT2D eigenvalue weighted by Crippen LogP contribution is 2.50. The summed E-state index contributed by atoms with van der Waals surface area (Å²) < 4.78 is 39.4. The lowest BCUT2D eigenvalue weighted by molar-refractivity contribution is -0.204. The first-order valence-corrected chi connectivity index (χ1v) is 20.8. The zero-order chi connectivity index (χ0) is 33.4. The van der Waals surface area contributed by atoms with Crippen LogP contribution >= 0.6 is 8.25 Å². The van der Waals surface area contributed by atoms with Gasteiger partial charge in [0, 0.05) is 16.8 Å². The van der Waals surface area contributed by atoms with Crippen molar-refractivity contribution in [2.75, 3.05) is 6.61 Å². The van der Waals surface area contributed by atoms with Gasteiger partial charge in [-0.25, -0.2) is 4.79 Å². The first-order valence-electron chi connectivity index (χ1n) is 14.8. The Labute approximate surface area is 266 Å². The molecule has 1 unspecified atom stereocenters. The molecule has 0 bridgehead atoms. The lowest BCUT2D eigenvalue weighted by atomic mass is 10.1. The minimum atomic E-state index is -3.33. The maximum atomic E-state index is 12.9. The zero-order valence-corrected chi connectivity index (χ0v) is 29.9. The molecule has 1 aliphatic heterocycles. The van der Waals surface area contributed by atoms with E-state index in [4.69, 9.17) is 18.1 Å². The number of H-pyrrole nitrogens is 1. The number of hydrogen-bond donors (Lipinski definition) is 3. The number of aliphatic hydroxyl groups excluding tert-OH is 1. The molecule has 244 valence electrons. The molecule has 0 saturated carbocycles. The monoisotopic (exact) mass is 675 g/mol. The van der Waals surface area contributed by atoms with Crippen molar-refractivity contribution >= 4 is 35.3 Å². The molecular weight excluding hydrogens is 631 g/mol. The summed E-state index contributed by atoms with van der Waals surface area (Å²) in [5.41, 5.74) is -1.47. The topological polar surface area (TPSA) is 149 Å². The van der Waals surface area contributed by atoms with E-state index >= 15 is 0 Å². The van der Waals surface area contributed by atoms with Crippen molar-refractivity contribution in [3.63, 3.8) is 0 Å². The van der Waals surface area contributed by atoms with E-state index in [-0.39, 0.29) is 6.61 Å². The number of aromatic amines is 1. The lowest BCUT2D eigenvalue weighted by Crippen LogP contribution is -2.68. The van der Waals surface area contributed by atoms with Crippen molar-refractivity contribution in [3.8, 4) is 0 Å². The standard InChI is InChI=1S/C31H43N2O9PSi2/c1-29(2,3)44(7,8)42-31(41-43(37)38)24(40-27(26(31)35)33-20-19-25(34)32-28(33)36)21-39-45(30(4,5)6,22-15-11-9-12-16-22)23-17-13-10-14-18-23/h9-20,24,26-27,35H,21H2,1-8H3,(H-,32,34,36,37,38)/p+1/t24-,26+,27-,31+/m1/s1. The normalized spacial score (nSPS) is 23.2. The highest BCUT2D eigenvalue weighted by Gasteiger charge is 2.67. The van der Waals surface area contributed by atoms with E-state index in [1.54, 1.807) is 0 Å². The highest BCUT2D eigenvalue weighted by atomic mass is 31.1. The minimum Gasteiger partial charge on any atom is -0.405 e. The third-order valence-corrected chi connectivity index (χ3v) is 18.8. The molecule has 1 aliphatic rings. The first kappa shape index (κ1) is 35.3. The van der Waals surface area contributed by atoms with E-state index in [1.165, 1.54) is 6.20 Å². The third-order valence-electron chi connectivity index (χ3n) is 8.87. The quantitative estimate of drug-likeness (QED) is 0.166. The molecule has 5 atom stereocenters. The van der Waals surface area contributed by atoms with Gasteiger partial charge >= 0.3 is 13.9 Å². The van der Waals surface area contributed by atoms with Gasteiger partial charge in [-0.1, -0.05) is 107 Å². The van der Waals surface area contributed by atoms with Crippen LogP contribution in [0.5, 0.6) is 0 Å². The second-order valence-electron chi connectivity index (χ2n) is 13.9. The number of nitrogens with zero attached hydrogens (tertiary/aromatic N) is 1. The Kier molecular flexibility index (Phi) is 10.1. The Balaban J connectivity index is 1.91. The van der Waals surface area contributed by atoms with Gasteiger partial charge in [-0.2, -0.15) is 0 Å². The third kappa shape index (κ3) is 6.78. The molecule has 14 heteroatoms. The van der Waals surface area contributed by atoms with Gasteiger partial charge in [-0.3, -0.25) is 14.3 Å². The van der Waals surface area contributed by atoms with Gasteiger partial charge in [0.05, 0.1) is 6.61 Å². The molecule has 0 radical (unpaired) electrons. The van der Waals surface area contributed by atoms with E-state index < -0.39 is 70.4 Å². The van der Waals surface area contributed by atoms with E-state index in [9.17, 15) is 24.2 Å². The minimum absolute atomic E-state index is 0.225. The van der Waals surface area contributed by atoms with Gasteiger partial charge in [0.25, 0.3) is 19.7 Å². The number of aliphatic hydroxyl groups is 1. The molecule has 0 spiro atoms. The molecule has 45 heavy (non-hydrogen) atoms. The highest BCUT2D eigenvalue weighted by molar-refractivity contribution is 7.32. The fourth-order valence-electron chi connectivity index (χ4n) is 5.62. The van der Waals surface area contributed by atoms with Crippen LogP contribution in [0.1, 0.15) is 47.8 Å². The van der Waals surface area contributed by atoms with Crippen molar-refractivity contribution in [1.29, 1.82) is 0 Å². The van der Waals surface area contributed by atoms with Crippen LogP contribution in [0.25, 0.3) is 0 Å². The van der Waals surface area contributed by atoms with Gasteiger partial charge in [0.2, 0.25) is 0 Å². The maximum Gasteiger partial charge on any atom is 0.697 e. The predicted octanol–water partition coefficient (Wildman–Crippen LogP) is 3.76. The van der Waals surface area contributed by atoms with Crippen LogP contribution < -0.4 is 21.6 Å². The second-order valence-corrected chi connectivity index (χ2v) is 23.6. The van der Waals surface area contributed by atoms with Gasteiger partial charge in [0.15, 0.2) is 20.6 Å². The molecule has 1 saturated heterocycles. The van der Waals surface area contributed by atoms with Crippen molar-refractivity contribution < 1.29 is 32.7 Å². The molecule has 3 N–H and O–H groups in total. The second kappa shape index (κ2) is 12.9. The number of aromatic nitrogens is 2. The average Bonchev–Trinajstić information content (AvgIpc) is 3.18. The Morgan fingerprint density at radius 3 is 1.91 bits per heavy atom. The number of nitrogens with one attached hydrogen (secondary N) is 1. The molecule has 2 aromatic carbocycles. The van der Waals surface area contributed by atoms with Crippen molar-refractivity contribution in [1.82, 2.24) is 9.55 Å². The lowest BCUT2D eigenvalue weighted by Gasteiger charge is -2.46. The Morgan fingerprint density at radius 2 is 1.47 bits per heavy atom. The Bertz CT molecular complexity index is 1560. The maximum absolute atomic E-state index is 12.9. The molecule has 0 amide bonds. The smallest absolute Gasteiger partial charge is 0.405 e. The molecule has 1 aromatic heterocycles. The summed E-state index contributed by atoms with van der Waals surface area (Å²) in [5, 5.41) is 13.1. The van der Waals surface area contributed by atoms with Crippen molar-refractivity contribution in [2.24, 2.45) is 0 Å². The summed E-state index contributed by atoms with van der Waals surface area (Å²) in [6.45, 7) is 15.8. The molecule has 1 fully saturated rings. The summed E-state index contributed by atoms with van der Waals surface area (Å²) in [6.07, 6.45) is -3.30. The fraction of sp³-hybridized carbons (Fsp3) is 0.484. The number of hydrogen-bond acceptors (Lipinski definition) is 8. The van der Waals surface area contributed by atoms with E-state index in [0.717, 1.165) is 21.0 Å². The summed E-state index contributed by atoms with van der Waals surface area (Å²) >= 11 is 0. The van der Waals surface area contributed by atoms with Crippen LogP contribution in [0.4, 0.5) is 0 Å². The Morgan fingerprint density at radius 1 is 0.933 bits per heavy atom. The number of benzene rings is 2. The van der Waals surface area contributed by atoms with E-state index in [0.29, 0.717) is 0 Å². The number of rotatable bonds is 10. The van der Waals surface area contributed by atoms with E-state index in [1.807, 2.05) is 94.5 Å². The van der Waals surface area contributed by atoms with Crippen LogP contribution in [-0.4, -0.2) is 60.8 Å². The van der Waals surface area contributed by atoms with Crippen LogP contribution in [0.2, 0.25) is 23.2 Å². The Hall–Kier alpha value is -2.59. The molecular formula is C31H44N2O9PSi2+. The SMILES string of the molecule is CC(C)(C)[Si](C)(C)O[C@@]1(O[P+](=O)O)[C@@H](CO[Si](c2ccccc2)(c2ccccc2)C(C)(C)C)O[C@@H](n2ccc(=O)[nH]c2=O)[C@@H]1O. The summed E-state index contributed by atoms with van der Waals surface area (Å²) in [5.74, 6) is -2.21. The largest absolute Gasteiger partial charge is 0.697 e. The van der Waals surface area contributed by atoms with Crippen LogP contribution in [0.3, 0.4) is 0 Å². The van der Waals surface area contributed by atoms with Crippen molar-refractivity contribution in [3.05, 3.63) is 93.8 Å². The fourth-order valence-corrected chi connectivity index (χ4v) is 12.2. The molecule has 11 nitrogen and oxygen atoms in total. The zero-order valence-electron chi connectivity index (χ0n) is 27.0. The first-order chi connectivity index (χ1) is 20.9. The van der Waals surface area contributed by atoms with E-state index in [2.05, 4.69) is 25.8 Å². The summed E-state index contributed by atoms with van der Waals surface area (Å²) in [4.78, 5) is 37.1. The van der Waals surface area contributed by atoms with Crippen LogP contribution in [-0.2, 0) is 22.7 Å². The predicted molar refractivity (Wildman–Crippen MR) is 177 cm³/mol. The molecule has 2 heterocycles. The van der Waals surface area contributed by atoms with Gasteiger partial charge in [-0.15, -0.1) is 4.89 Å². The molecule has 4 rings (SSSR count). The average molecular weight is 676 g/mol. The summed E-state index contributed by atoms with van der Waals surface area (Å²) in [7, 11) is -9.38.